The molecule has 0 bridgehead atoms. The van der Waals surface area contributed by atoms with Crippen LogP contribution in [-0.4, -0.2) is 38.9 Å². The summed E-state index contributed by atoms with van der Waals surface area (Å²) in [5.41, 5.74) is 10.1. The lowest BCUT2D eigenvalue weighted by molar-refractivity contribution is 0.0505. The van der Waals surface area contributed by atoms with Crippen LogP contribution in [0.5, 0.6) is 0 Å². The topological polar surface area (TPSA) is 87.5 Å². The quantitative estimate of drug-likeness (QED) is 0.361. The Kier molecular flexibility index (Phi) is 5.43. The van der Waals surface area contributed by atoms with Crippen molar-refractivity contribution in [1.82, 2.24) is 0 Å². The van der Waals surface area contributed by atoms with Gasteiger partial charge in [0, 0.05) is 23.7 Å². The molecule has 2 rings (SSSR count). The number of hydrogen-bond acceptors (Lipinski definition) is 5. The summed E-state index contributed by atoms with van der Waals surface area (Å²) in [5.74, 6) is -0.395. The van der Waals surface area contributed by atoms with Gasteiger partial charge in [0.25, 0.3) is 0 Å². The number of carbonyl (C=O) groups excluding carboxylic acids is 1. The number of esters is 1. The second-order valence-corrected chi connectivity index (χ2v) is 4.63. The second kappa shape index (κ2) is 7.52. The van der Waals surface area contributed by atoms with Crippen molar-refractivity contribution in [2.75, 3.05) is 37.8 Å². The van der Waals surface area contributed by atoms with Crippen LogP contribution >= 0.6 is 0 Å². The maximum Gasteiger partial charge on any atom is 0.340 e. The molecule has 1 aromatic rings. The third kappa shape index (κ3) is 3.87. The summed E-state index contributed by atoms with van der Waals surface area (Å²) in [6.45, 7) is 4.99. The van der Waals surface area contributed by atoms with Gasteiger partial charge in [-0.05, 0) is 24.1 Å². The molecule has 0 saturated carbocycles. The molecule has 1 fully saturated rings. The van der Waals surface area contributed by atoms with Crippen molar-refractivity contribution < 1.29 is 14.3 Å². The van der Waals surface area contributed by atoms with Crippen molar-refractivity contribution in [3.05, 3.63) is 34.2 Å². The van der Waals surface area contributed by atoms with Crippen molar-refractivity contribution in [2.24, 2.45) is 5.11 Å². The number of benzene rings is 1. The number of anilines is 1. The van der Waals surface area contributed by atoms with Crippen LogP contribution in [0.25, 0.3) is 10.4 Å². The van der Waals surface area contributed by atoms with Crippen LogP contribution in [-0.2, 0) is 9.47 Å². The fraction of sp³-hybridized carbons (Fsp3) is 0.500. The molecule has 0 unspecified atom stereocenters. The van der Waals surface area contributed by atoms with Crippen LogP contribution < -0.4 is 4.90 Å². The first kappa shape index (κ1) is 15.2. The molecule has 112 valence electrons. The Morgan fingerprint density at radius 1 is 1.48 bits per heavy atom. The van der Waals surface area contributed by atoms with Crippen LogP contribution in [0.4, 0.5) is 11.4 Å². The zero-order valence-electron chi connectivity index (χ0n) is 12.0. The molecule has 1 heterocycles. The van der Waals surface area contributed by atoms with E-state index >= 15 is 0 Å². The highest BCUT2D eigenvalue weighted by atomic mass is 16.5. The third-order valence-electron chi connectivity index (χ3n) is 3.15. The van der Waals surface area contributed by atoms with E-state index in [1.807, 2.05) is 6.92 Å². The van der Waals surface area contributed by atoms with Gasteiger partial charge in [-0.2, -0.15) is 0 Å². The number of ether oxygens (including phenoxy) is 2. The Morgan fingerprint density at radius 3 is 2.90 bits per heavy atom. The van der Waals surface area contributed by atoms with Gasteiger partial charge in [0.05, 0.1) is 31.1 Å². The van der Waals surface area contributed by atoms with Gasteiger partial charge in [-0.3, -0.25) is 0 Å². The molecule has 0 radical (unpaired) electrons. The zero-order valence-corrected chi connectivity index (χ0v) is 12.0. The molecule has 0 N–H and O–H groups in total. The third-order valence-corrected chi connectivity index (χ3v) is 3.15. The van der Waals surface area contributed by atoms with E-state index in [1.165, 1.54) is 0 Å². The van der Waals surface area contributed by atoms with Crippen molar-refractivity contribution in [3.63, 3.8) is 0 Å². The summed E-state index contributed by atoms with van der Waals surface area (Å²) in [4.78, 5) is 17.0. The normalized spacial score (nSPS) is 14.4. The lowest BCUT2D eigenvalue weighted by Gasteiger charge is -2.30. The molecule has 1 aliphatic heterocycles. The van der Waals surface area contributed by atoms with Gasteiger partial charge < -0.3 is 14.4 Å². The Morgan fingerprint density at radius 2 is 2.24 bits per heavy atom. The Labute approximate surface area is 123 Å². The first-order chi connectivity index (χ1) is 10.3. The van der Waals surface area contributed by atoms with Crippen molar-refractivity contribution in [1.29, 1.82) is 0 Å². The molecule has 0 amide bonds. The smallest absolute Gasteiger partial charge is 0.340 e. The number of carbonyl (C=O) groups is 1. The molecule has 7 heteroatoms. The van der Waals surface area contributed by atoms with Gasteiger partial charge in [0.15, 0.2) is 0 Å². The average molecular weight is 290 g/mol. The summed E-state index contributed by atoms with van der Waals surface area (Å²) < 4.78 is 10.5. The Bertz CT molecular complexity index is 549. The maximum absolute atomic E-state index is 12.2. The van der Waals surface area contributed by atoms with E-state index in [0.717, 1.165) is 25.2 Å². The SMILES string of the molecule is CCCOC(=O)c1cc(N=[N+]=[N-])ccc1N1CCOCC1. The summed E-state index contributed by atoms with van der Waals surface area (Å²) >= 11 is 0. The van der Waals surface area contributed by atoms with E-state index in [9.17, 15) is 4.79 Å². The predicted octanol–water partition coefficient (Wildman–Crippen LogP) is 3.03. The molecule has 21 heavy (non-hydrogen) atoms. The fourth-order valence-electron chi connectivity index (χ4n) is 2.15. The van der Waals surface area contributed by atoms with Crippen LogP contribution in [0.2, 0.25) is 0 Å². The number of nitrogens with zero attached hydrogens (tertiary/aromatic N) is 4. The highest BCUT2D eigenvalue weighted by Crippen LogP contribution is 2.27. The van der Waals surface area contributed by atoms with Gasteiger partial charge in [0.2, 0.25) is 0 Å². The van der Waals surface area contributed by atoms with E-state index in [2.05, 4.69) is 14.9 Å². The summed E-state index contributed by atoms with van der Waals surface area (Å²) in [6.07, 6.45) is 0.759. The minimum Gasteiger partial charge on any atom is -0.462 e. The minimum absolute atomic E-state index is 0.368. The van der Waals surface area contributed by atoms with Crippen LogP contribution in [0.1, 0.15) is 23.7 Å². The Hall–Kier alpha value is -2.24. The van der Waals surface area contributed by atoms with E-state index in [-0.39, 0.29) is 0 Å². The van der Waals surface area contributed by atoms with Gasteiger partial charge in [0.1, 0.15) is 0 Å². The first-order valence-electron chi connectivity index (χ1n) is 6.95. The van der Waals surface area contributed by atoms with Crippen LogP contribution in [0.3, 0.4) is 0 Å². The monoisotopic (exact) mass is 290 g/mol. The highest BCUT2D eigenvalue weighted by molar-refractivity contribution is 5.97. The molecule has 0 aliphatic carbocycles. The molecule has 0 atom stereocenters. The summed E-state index contributed by atoms with van der Waals surface area (Å²) in [7, 11) is 0. The van der Waals surface area contributed by atoms with Crippen molar-refractivity contribution in [2.45, 2.75) is 13.3 Å². The number of azide groups is 1. The first-order valence-corrected chi connectivity index (χ1v) is 6.95. The standard InChI is InChI=1S/C14H18N4O3/c1-2-7-21-14(19)12-10-11(16-17-15)3-4-13(12)18-5-8-20-9-6-18/h3-4,10H,2,5-9H2,1H3. The van der Waals surface area contributed by atoms with E-state index < -0.39 is 5.97 Å². The fourth-order valence-corrected chi connectivity index (χ4v) is 2.15. The molecule has 1 aliphatic rings. The lowest BCUT2D eigenvalue weighted by atomic mass is 10.1. The number of hydrogen-bond donors (Lipinski definition) is 0. The predicted molar refractivity (Wildman–Crippen MR) is 78.9 cm³/mol. The molecule has 0 aromatic heterocycles. The lowest BCUT2D eigenvalue weighted by Crippen LogP contribution is -2.37. The second-order valence-electron chi connectivity index (χ2n) is 4.63. The largest absolute Gasteiger partial charge is 0.462 e. The zero-order chi connectivity index (χ0) is 15.1. The van der Waals surface area contributed by atoms with Gasteiger partial charge >= 0.3 is 5.97 Å². The number of morpholine rings is 1. The van der Waals surface area contributed by atoms with Crippen LogP contribution in [0, 0.1) is 0 Å². The van der Waals surface area contributed by atoms with Crippen molar-refractivity contribution in [3.8, 4) is 0 Å². The molecular formula is C14H18N4O3. The summed E-state index contributed by atoms with van der Waals surface area (Å²) in [6, 6.07) is 5.06. The molecule has 0 spiro atoms. The molecule has 7 nitrogen and oxygen atoms in total. The van der Waals surface area contributed by atoms with E-state index in [1.54, 1.807) is 18.2 Å². The summed E-state index contributed by atoms with van der Waals surface area (Å²) in [5, 5.41) is 3.55. The molecule has 1 aromatic carbocycles. The van der Waals surface area contributed by atoms with Crippen LogP contribution in [0.15, 0.2) is 23.3 Å². The number of rotatable bonds is 5. The van der Waals surface area contributed by atoms with E-state index in [0.29, 0.717) is 31.1 Å². The van der Waals surface area contributed by atoms with Gasteiger partial charge in [-0.1, -0.05) is 18.1 Å². The minimum atomic E-state index is -0.395. The highest BCUT2D eigenvalue weighted by Gasteiger charge is 2.20. The maximum atomic E-state index is 12.2. The average Bonchev–Trinajstić information content (AvgIpc) is 2.53. The van der Waals surface area contributed by atoms with Gasteiger partial charge in [-0.15, -0.1) is 0 Å². The Balaban J connectivity index is 2.32. The van der Waals surface area contributed by atoms with Crippen molar-refractivity contribution >= 4 is 17.3 Å². The molecular weight excluding hydrogens is 272 g/mol. The van der Waals surface area contributed by atoms with Gasteiger partial charge in [-0.25, -0.2) is 4.79 Å². The van der Waals surface area contributed by atoms with E-state index in [4.69, 9.17) is 15.0 Å². The molecule has 1 saturated heterocycles.